The van der Waals surface area contributed by atoms with Crippen LogP contribution in [0.25, 0.3) is 0 Å². The minimum absolute atomic E-state index is 0.0473. The van der Waals surface area contributed by atoms with Gasteiger partial charge < -0.3 is 75.1 Å². The van der Waals surface area contributed by atoms with Crippen molar-refractivity contribution in [2.45, 2.75) is 126 Å². The molecule has 0 saturated carbocycles. The fourth-order valence-electron chi connectivity index (χ4n) is 5.86. The number of aliphatic hydroxyl groups is 2. The van der Waals surface area contributed by atoms with Crippen LogP contribution < -0.4 is 54.8 Å². The second kappa shape index (κ2) is 26.5. The maximum Gasteiger partial charge on any atom is 0.326 e. The molecule has 17 N–H and O–H groups in total. The summed E-state index contributed by atoms with van der Waals surface area (Å²) in [6, 6.07) is -11.9. The van der Waals surface area contributed by atoms with Gasteiger partial charge in [0.1, 0.15) is 42.3 Å². The number of hydrogen-bond donors (Lipinski definition) is 15. The molecule has 60 heavy (non-hydrogen) atoms. The van der Waals surface area contributed by atoms with Gasteiger partial charge in [0.15, 0.2) is 0 Å². The first-order valence-corrected chi connectivity index (χ1v) is 20.3. The van der Waals surface area contributed by atoms with Crippen molar-refractivity contribution in [2.75, 3.05) is 24.6 Å². The largest absolute Gasteiger partial charge is 0.480 e. The number of nitrogens with two attached hydrogens (primary N) is 4. The fraction of sp³-hybridized carbons (Fsp3) is 0.706. The van der Waals surface area contributed by atoms with Gasteiger partial charge in [-0.3, -0.25) is 43.2 Å². The van der Waals surface area contributed by atoms with Crippen LogP contribution in [-0.4, -0.2) is 164 Å². The van der Waals surface area contributed by atoms with Gasteiger partial charge in [-0.1, -0.05) is 0 Å². The molecule has 1 fully saturated rings. The first-order valence-electron chi connectivity index (χ1n) is 19.1. The predicted molar refractivity (Wildman–Crippen MR) is 218 cm³/mol. The molecule has 0 aromatic carbocycles. The van der Waals surface area contributed by atoms with Crippen LogP contribution in [0.3, 0.4) is 0 Å². The van der Waals surface area contributed by atoms with Crippen molar-refractivity contribution >= 4 is 84.4 Å². The molecule has 10 atom stereocenters. The van der Waals surface area contributed by atoms with Gasteiger partial charge in [0.05, 0.1) is 24.7 Å². The minimum atomic E-state index is -1.76. The zero-order valence-electron chi connectivity index (χ0n) is 33.3. The molecule has 24 nitrogen and oxygen atoms in total. The Morgan fingerprint density at radius 3 is 1.68 bits per heavy atom. The molecule has 26 heteroatoms. The van der Waals surface area contributed by atoms with Gasteiger partial charge in [0, 0.05) is 24.5 Å². The Kier molecular flexibility index (Phi) is 23.5. The van der Waals surface area contributed by atoms with Gasteiger partial charge in [-0.15, -0.1) is 0 Å². The maximum atomic E-state index is 13.6. The number of nitrogens with zero attached hydrogens (tertiary/aromatic N) is 1. The number of carbonyl (C=O) groups is 10. The summed E-state index contributed by atoms with van der Waals surface area (Å²) in [6.45, 7) is 2.57. The molecule has 1 saturated heterocycles. The van der Waals surface area contributed by atoms with E-state index in [9.17, 15) is 63.3 Å². The van der Waals surface area contributed by atoms with E-state index >= 15 is 0 Å². The molecule has 0 aromatic heterocycles. The van der Waals surface area contributed by atoms with Gasteiger partial charge in [-0.05, 0) is 58.9 Å². The summed E-state index contributed by atoms with van der Waals surface area (Å²) in [6.07, 6.45) is -3.60. The van der Waals surface area contributed by atoms with Crippen molar-refractivity contribution in [3.05, 3.63) is 0 Å². The van der Waals surface area contributed by atoms with E-state index in [-0.39, 0.29) is 43.9 Å². The summed E-state index contributed by atoms with van der Waals surface area (Å²) < 4.78 is 0. The molecule has 0 radical (unpaired) electrons. The van der Waals surface area contributed by atoms with Gasteiger partial charge in [0.25, 0.3) is 0 Å². The van der Waals surface area contributed by atoms with Crippen LogP contribution in [0.1, 0.15) is 65.2 Å². The lowest BCUT2D eigenvalue weighted by Gasteiger charge is -2.30. The van der Waals surface area contributed by atoms with Gasteiger partial charge in [-0.25, -0.2) is 4.79 Å². The number of unbranched alkanes of at least 4 members (excludes halogenated alkanes) is 1. The van der Waals surface area contributed by atoms with Crippen molar-refractivity contribution in [2.24, 2.45) is 22.9 Å². The number of aliphatic hydroxyl groups excluding tert-OH is 2. The Balaban J connectivity index is 3.27. The van der Waals surface area contributed by atoms with Crippen LogP contribution in [0.15, 0.2) is 0 Å². The minimum Gasteiger partial charge on any atom is -0.480 e. The number of aliphatic carboxylic acids is 1. The molecule has 0 unspecified atom stereocenters. The lowest BCUT2D eigenvalue weighted by molar-refractivity contribution is -0.150. The fourth-order valence-corrected chi connectivity index (χ4v) is 6.28. The summed E-state index contributed by atoms with van der Waals surface area (Å²) in [7, 11) is 0. The number of nitrogens with one attached hydrogen (secondary N) is 6. The van der Waals surface area contributed by atoms with E-state index in [4.69, 9.17) is 22.9 Å². The SMILES string of the molecule is C[C@@H](O)[C@H](NC(=O)[C@H](CC(N)=O)NC(=O)[C@@H](N)CS)C(=O)N[C@@H](CCCCN)C(=O)N[C@@H](CS)C(=O)N[C@@H](CCC(N)=O)C(=O)N[C@H](C(=O)N1CCC[C@H]1C(=O)O)[C@@H](C)O. The van der Waals surface area contributed by atoms with Gasteiger partial charge in [0.2, 0.25) is 53.2 Å². The van der Waals surface area contributed by atoms with E-state index in [1.165, 1.54) is 6.92 Å². The number of amides is 9. The van der Waals surface area contributed by atoms with Crippen LogP contribution in [0, 0.1) is 0 Å². The van der Waals surface area contributed by atoms with E-state index < -0.39 is 139 Å². The summed E-state index contributed by atoms with van der Waals surface area (Å²) in [5, 5.41) is 44.3. The number of carbonyl (C=O) groups excluding carboxylic acids is 9. The monoisotopic (exact) mass is 893 g/mol. The highest BCUT2D eigenvalue weighted by Crippen LogP contribution is 2.19. The average molecular weight is 894 g/mol. The molecule has 340 valence electrons. The summed E-state index contributed by atoms with van der Waals surface area (Å²) in [5.74, 6) is -10.6. The highest BCUT2D eigenvalue weighted by atomic mass is 32.1. The number of rotatable bonds is 27. The molecule has 1 aliphatic rings. The third kappa shape index (κ3) is 17.5. The Morgan fingerprint density at radius 2 is 1.17 bits per heavy atom. The van der Waals surface area contributed by atoms with E-state index in [2.05, 4.69) is 57.2 Å². The molecule has 0 bridgehead atoms. The molecular weight excluding hydrogens is 835 g/mol. The lowest BCUT2D eigenvalue weighted by atomic mass is 10.0. The molecule has 1 heterocycles. The first-order chi connectivity index (χ1) is 28.1. The van der Waals surface area contributed by atoms with Crippen LogP contribution in [0.4, 0.5) is 0 Å². The van der Waals surface area contributed by atoms with Crippen LogP contribution in [0.2, 0.25) is 0 Å². The second-order valence-corrected chi connectivity index (χ2v) is 14.9. The number of primary amides is 2. The third-order valence-electron chi connectivity index (χ3n) is 9.21. The number of thiol groups is 2. The predicted octanol–water partition coefficient (Wildman–Crippen LogP) is -6.81. The average Bonchev–Trinajstić information content (AvgIpc) is 3.68. The van der Waals surface area contributed by atoms with Crippen molar-refractivity contribution < 1.29 is 63.3 Å². The Hall–Kier alpha value is -4.76. The molecule has 1 rings (SSSR count). The summed E-state index contributed by atoms with van der Waals surface area (Å²) >= 11 is 8.05. The number of carboxylic acids is 1. The van der Waals surface area contributed by atoms with Crippen molar-refractivity contribution in [1.29, 1.82) is 0 Å². The van der Waals surface area contributed by atoms with E-state index in [1.54, 1.807) is 0 Å². The standard InChI is InChI=1S/C34H59N11O13S2/c1-15(46)25(43-30(53)20(12-24(38)49)41-27(50)17(36)13-59)32(55)40-18(6-3-4-10-35)28(51)42-21(14-60)31(54)39-19(8-9-23(37)48)29(52)44-26(16(2)47)33(56)45-11-5-7-22(45)34(57)58/h15-22,25-26,46-47,59-60H,3-14,35-36H2,1-2H3,(H2,37,48)(H2,38,49)(H,39,54)(H,40,55)(H,41,50)(H,42,51)(H,43,53)(H,44,52)(H,57,58)/t15-,16-,17+,18+,19+,20+,21+,22+,25+,26+/m1/s1. The zero-order chi connectivity index (χ0) is 45.9. The van der Waals surface area contributed by atoms with Crippen molar-refractivity contribution in [1.82, 2.24) is 36.8 Å². The number of likely N-dealkylation sites (tertiary alicyclic amines) is 1. The number of carboxylic acid groups (broad SMARTS) is 1. The molecular formula is C34H59N11O13S2. The van der Waals surface area contributed by atoms with Crippen LogP contribution in [-0.2, 0) is 47.9 Å². The van der Waals surface area contributed by atoms with Crippen LogP contribution in [0.5, 0.6) is 0 Å². The number of hydrogen-bond acceptors (Lipinski definition) is 16. The van der Waals surface area contributed by atoms with Crippen LogP contribution >= 0.6 is 25.3 Å². The highest BCUT2D eigenvalue weighted by molar-refractivity contribution is 7.80. The van der Waals surface area contributed by atoms with E-state index in [0.29, 0.717) is 12.8 Å². The third-order valence-corrected chi connectivity index (χ3v) is 9.97. The quantitative estimate of drug-likeness (QED) is 0.0269. The van der Waals surface area contributed by atoms with E-state index in [1.807, 2.05) is 0 Å². The Bertz CT molecular complexity index is 1560. The lowest BCUT2D eigenvalue weighted by Crippen LogP contribution is -2.62. The summed E-state index contributed by atoms with van der Waals surface area (Å²) in [4.78, 5) is 129. The van der Waals surface area contributed by atoms with Crippen molar-refractivity contribution in [3.63, 3.8) is 0 Å². The van der Waals surface area contributed by atoms with E-state index in [0.717, 1.165) is 11.8 Å². The second-order valence-electron chi connectivity index (χ2n) is 14.2. The smallest absolute Gasteiger partial charge is 0.326 e. The molecule has 0 aliphatic carbocycles. The normalized spacial score (nSPS) is 18.1. The summed E-state index contributed by atoms with van der Waals surface area (Å²) in [5.41, 5.74) is 21.7. The molecule has 9 amide bonds. The highest BCUT2D eigenvalue weighted by Gasteiger charge is 2.40. The topological polar surface area (TPSA) is 411 Å². The first kappa shape index (κ1) is 53.3. The Morgan fingerprint density at radius 1 is 0.667 bits per heavy atom. The molecule has 0 aromatic rings. The van der Waals surface area contributed by atoms with Gasteiger partial charge >= 0.3 is 5.97 Å². The van der Waals surface area contributed by atoms with Crippen molar-refractivity contribution in [3.8, 4) is 0 Å². The molecule has 1 aliphatic heterocycles. The molecule has 0 spiro atoms. The maximum absolute atomic E-state index is 13.6. The Labute approximate surface area is 357 Å². The van der Waals surface area contributed by atoms with Gasteiger partial charge in [-0.2, -0.15) is 25.3 Å². The zero-order valence-corrected chi connectivity index (χ0v) is 35.1.